The monoisotopic (exact) mass is 343 g/mol. The van der Waals surface area contributed by atoms with Gasteiger partial charge < -0.3 is 9.52 Å². The molecule has 1 atom stereocenters. The standard InChI is InChI=1S/C14H17NO5S2/c1-9(2)6-11(12-4-3-5-21-12)15-22(18,19)13-7-10(8-20-13)14(16)17/h3-5,7-9,11,15H,6H2,1-2H3,(H,16,17). The molecule has 1 unspecified atom stereocenters. The van der Waals surface area contributed by atoms with Gasteiger partial charge in [-0.25, -0.2) is 17.9 Å². The lowest BCUT2D eigenvalue weighted by molar-refractivity contribution is 0.0696. The van der Waals surface area contributed by atoms with Crippen molar-refractivity contribution in [2.45, 2.75) is 31.4 Å². The average molecular weight is 343 g/mol. The van der Waals surface area contributed by atoms with Crippen molar-refractivity contribution in [1.82, 2.24) is 4.72 Å². The Hall–Kier alpha value is -1.64. The van der Waals surface area contributed by atoms with Gasteiger partial charge in [-0.3, -0.25) is 0 Å². The molecule has 2 heterocycles. The van der Waals surface area contributed by atoms with Crippen LogP contribution in [0.4, 0.5) is 0 Å². The molecule has 0 spiro atoms. The van der Waals surface area contributed by atoms with Crippen molar-refractivity contribution in [2.75, 3.05) is 0 Å². The van der Waals surface area contributed by atoms with Crippen LogP contribution in [0.25, 0.3) is 0 Å². The van der Waals surface area contributed by atoms with E-state index in [9.17, 15) is 13.2 Å². The van der Waals surface area contributed by atoms with E-state index in [2.05, 4.69) is 4.72 Å². The lowest BCUT2D eigenvalue weighted by Gasteiger charge is -2.18. The minimum atomic E-state index is -3.92. The smallest absolute Gasteiger partial charge is 0.339 e. The quantitative estimate of drug-likeness (QED) is 0.805. The van der Waals surface area contributed by atoms with E-state index in [-0.39, 0.29) is 11.6 Å². The number of aromatic carboxylic acids is 1. The predicted octanol–water partition coefficient (Wildman–Crippen LogP) is 3.11. The second-order valence-electron chi connectivity index (χ2n) is 5.28. The number of nitrogens with one attached hydrogen (secondary N) is 1. The summed E-state index contributed by atoms with van der Waals surface area (Å²) in [6.45, 7) is 4.01. The summed E-state index contributed by atoms with van der Waals surface area (Å²) in [5.41, 5.74) is -0.197. The van der Waals surface area contributed by atoms with Crippen LogP contribution >= 0.6 is 11.3 Å². The molecule has 0 aromatic carbocycles. The van der Waals surface area contributed by atoms with Crippen molar-refractivity contribution in [3.05, 3.63) is 40.3 Å². The van der Waals surface area contributed by atoms with Crippen molar-refractivity contribution >= 4 is 27.3 Å². The Morgan fingerprint density at radius 1 is 1.45 bits per heavy atom. The van der Waals surface area contributed by atoms with E-state index in [0.717, 1.165) is 17.2 Å². The number of carboxylic acids is 1. The maximum Gasteiger partial charge on any atom is 0.339 e. The molecule has 22 heavy (non-hydrogen) atoms. The summed E-state index contributed by atoms with van der Waals surface area (Å²) in [6, 6.07) is 4.36. The van der Waals surface area contributed by atoms with Gasteiger partial charge in [-0.1, -0.05) is 19.9 Å². The highest BCUT2D eigenvalue weighted by Crippen LogP contribution is 2.27. The summed E-state index contributed by atoms with van der Waals surface area (Å²) < 4.78 is 32.2. The maximum absolute atomic E-state index is 12.4. The number of sulfonamides is 1. The van der Waals surface area contributed by atoms with Crippen LogP contribution in [0, 0.1) is 5.92 Å². The molecule has 2 N–H and O–H groups in total. The van der Waals surface area contributed by atoms with E-state index in [1.807, 2.05) is 31.4 Å². The molecule has 120 valence electrons. The Morgan fingerprint density at radius 3 is 2.68 bits per heavy atom. The van der Waals surface area contributed by atoms with Gasteiger partial charge in [-0.2, -0.15) is 0 Å². The van der Waals surface area contributed by atoms with Crippen molar-refractivity contribution in [1.29, 1.82) is 0 Å². The van der Waals surface area contributed by atoms with Gasteiger partial charge in [0.05, 0.1) is 11.6 Å². The first-order valence-corrected chi connectivity index (χ1v) is 9.03. The van der Waals surface area contributed by atoms with Crippen LogP contribution in [0.15, 0.2) is 39.4 Å². The first kappa shape index (κ1) is 16.7. The van der Waals surface area contributed by atoms with Crippen molar-refractivity contribution in [2.24, 2.45) is 5.92 Å². The molecule has 2 aromatic rings. The van der Waals surface area contributed by atoms with E-state index >= 15 is 0 Å². The van der Waals surface area contributed by atoms with Crippen LogP contribution in [0.1, 0.15) is 41.5 Å². The number of rotatable bonds is 7. The maximum atomic E-state index is 12.4. The van der Waals surface area contributed by atoms with Crippen LogP contribution in [-0.2, 0) is 10.0 Å². The number of furan rings is 1. The zero-order valence-electron chi connectivity index (χ0n) is 12.1. The van der Waals surface area contributed by atoms with E-state index in [0.29, 0.717) is 12.3 Å². The van der Waals surface area contributed by atoms with E-state index in [1.54, 1.807) is 0 Å². The van der Waals surface area contributed by atoms with E-state index in [1.165, 1.54) is 11.3 Å². The third-order valence-corrected chi connectivity index (χ3v) is 5.30. The fourth-order valence-corrected chi connectivity index (χ4v) is 4.03. The number of carboxylic acid groups (broad SMARTS) is 1. The summed E-state index contributed by atoms with van der Waals surface area (Å²) in [6.07, 6.45) is 1.55. The molecule has 0 fully saturated rings. The molecule has 0 saturated carbocycles. The molecule has 8 heteroatoms. The summed E-state index contributed by atoms with van der Waals surface area (Å²) >= 11 is 1.47. The molecule has 0 aliphatic carbocycles. The molecule has 0 saturated heterocycles. The first-order chi connectivity index (χ1) is 10.3. The van der Waals surface area contributed by atoms with Gasteiger partial charge in [0.2, 0.25) is 5.09 Å². The number of thiophene rings is 1. The third kappa shape index (κ3) is 3.96. The van der Waals surface area contributed by atoms with E-state index in [4.69, 9.17) is 9.52 Å². The van der Waals surface area contributed by atoms with Gasteiger partial charge in [0.15, 0.2) is 0 Å². The Labute approximate surface area is 132 Å². The molecule has 0 aliphatic heterocycles. The summed E-state index contributed by atoms with van der Waals surface area (Å²) in [5.74, 6) is -0.942. The highest BCUT2D eigenvalue weighted by Gasteiger charge is 2.26. The Balaban J connectivity index is 2.25. The Bertz CT molecular complexity index is 731. The van der Waals surface area contributed by atoms with Gasteiger partial charge in [0.25, 0.3) is 10.0 Å². The van der Waals surface area contributed by atoms with Gasteiger partial charge in [0.1, 0.15) is 6.26 Å². The lowest BCUT2D eigenvalue weighted by Crippen LogP contribution is -2.29. The van der Waals surface area contributed by atoms with Gasteiger partial charge >= 0.3 is 5.97 Å². The van der Waals surface area contributed by atoms with Gasteiger partial charge in [0, 0.05) is 10.9 Å². The number of carbonyl (C=O) groups is 1. The third-order valence-electron chi connectivity index (χ3n) is 2.98. The minimum Gasteiger partial charge on any atom is -0.478 e. The molecule has 2 aromatic heterocycles. The van der Waals surface area contributed by atoms with Crippen LogP contribution in [0.5, 0.6) is 0 Å². The SMILES string of the molecule is CC(C)CC(NS(=O)(=O)c1cc(C(=O)O)co1)c1cccs1. The van der Waals surface area contributed by atoms with Gasteiger partial charge in [-0.15, -0.1) is 11.3 Å². The number of hydrogen-bond acceptors (Lipinski definition) is 5. The average Bonchev–Trinajstić information content (AvgIpc) is 3.09. The lowest BCUT2D eigenvalue weighted by atomic mass is 10.0. The second kappa shape index (κ2) is 6.64. The molecule has 0 aliphatic rings. The van der Waals surface area contributed by atoms with Crippen LogP contribution in [0.3, 0.4) is 0 Å². The van der Waals surface area contributed by atoms with Crippen molar-refractivity contribution in [3.63, 3.8) is 0 Å². The number of hydrogen-bond donors (Lipinski definition) is 2. The molecule has 0 bridgehead atoms. The second-order valence-corrected chi connectivity index (χ2v) is 7.90. The zero-order valence-corrected chi connectivity index (χ0v) is 13.8. The van der Waals surface area contributed by atoms with Crippen LogP contribution < -0.4 is 4.72 Å². The molecule has 2 rings (SSSR count). The zero-order chi connectivity index (χ0) is 16.3. The fourth-order valence-electron chi connectivity index (χ4n) is 2.00. The Morgan fingerprint density at radius 2 is 2.18 bits per heavy atom. The van der Waals surface area contributed by atoms with Crippen LogP contribution in [0.2, 0.25) is 0 Å². The highest BCUT2D eigenvalue weighted by atomic mass is 32.2. The largest absolute Gasteiger partial charge is 0.478 e. The molecular weight excluding hydrogens is 326 g/mol. The normalized spacial score (nSPS) is 13.4. The molecule has 6 nitrogen and oxygen atoms in total. The van der Waals surface area contributed by atoms with Crippen LogP contribution in [-0.4, -0.2) is 19.5 Å². The van der Waals surface area contributed by atoms with Crippen molar-refractivity contribution < 1.29 is 22.7 Å². The van der Waals surface area contributed by atoms with E-state index < -0.39 is 21.1 Å². The highest BCUT2D eigenvalue weighted by molar-refractivity contribution is 7.89. The summed E-state index contributed by atoms with van der Waals surface area (Å²) in [7, 11) is -3.92. The van der Waals surface area contributed by atoms with Gasteiger partial charge in [-0.05, 0) is 23.8 Å². The topological polar surface area (TPSA) is 96.6 Å². The molecule has 0 radical (unpaired) electrons. The van der Waals surface area contributed by atoms with Crippen molar-refractivity contribution in [3.8, 4) is 0 Å². The summed E-state index contributed by atoms with van der Waals surface area (Å²) in [4.78, 5) is 11.7. The predicted molar refractivity (Wildman–Crippen MR) is 82.5 cm³/mol. The Kier molecular flexibility index (Phi) is 5.05. The fraction of sp³-hybridized carbons (Fsp3) is 0.357. The molecule has 0 amide bonds. The minimum absolute atomic E-state index is 0.197. The summed E-state index contributed by atoms with van der Waals surface area (Å²) in [5, 5.41) is 10.3. The first-order valence-electron chi connectivity index (χ1n) is 6.67. The molecular formula is C14H17NO5S2.